The van der Waals surface area contributed by atoms with Crippen molar-refractivity contribution in [2.75, 3.05) is 30.0 Å². The van der Waals surface area contributed by atoms with E-state index in [4.69, 9.17) is 0 Å². The molecule has 2 fully saturated rings. The number of thioether (sulfide) groups is 2. The number of halogens is 3. The first-order valence-corrected chi connectivity index (χ1v) is 14.3. The van der Waals surface area contributed by atoms with Crippen LogP contribution in [-0.4, -0.2) is 107 Å². The van der Waals surface area contributed by atoms with Crippen LogP contribution in [0, 0.1) is 5.41 Å². The third-order valence-corrected chi connectivity index (χ3v) is 9.30. The van der Waals surface area contributed by atoms with Crippen molar-refractivity contribution < 1.29 is 42.3 Å². The van der Waals surface area contributed by atoms with Crippen molar-refractivity contribution in [3.8, 4) is 0 Å². The number of tetrazole rings is 1. The second-order valence-electron chi connectivity index (χ2n) is 8.55. The molecule has 4 rings (SSSR count). The summed E-state index contributed by atoms with van der Waals surface area (Å²) in [6, 6.07) is -1.11. The van der Waals surface area contributed by atoms with Gasteiger partial charge in [0.15, 0.2) is 10.8 Å². The number of carbonyl (C=O) groups is 4. The topological polar surface area (TPSA) is 194 Å². The number of alkyl halides is 3. The smallest absolute Gasteiger partial charge is 0.425 e. The van der Waals surface area contributed by atoms with E-state index in [1.807, 2.05) is 0 Å². The summed E-state index contributed by atoms with van der Waals surface area (Å²) in [5, 5.41) is 30.3. The van der Waals surface area contributed by atoms with E-state index >= 15 is 0 Å². The first-order valence-electron chi connectivity index (χ1n) is 11.4. The number of rotatable bonds is 13. The second kappa shape index (κ2) is 12.4. The molecule has 2 saturated heterocycles. The zero-order valence-electron chi connectivity index (χ0n) is 20.6. The van der Waals surface area contributed by atoms with E-state index in [-0.39, 0.29) is 28.9 Å². The van der Waals surface area contributed by atoms with Crippen molar-refractivity contribution in [1.82, 2.24) is 35.4 Å². The first kappa shape index (κ1) is 30.2. The molecular formula is C20H20F3N9O6S3. The van der Waals surface area contributed by atoms with Crippen LogP contribution in [0.2, 0.25) is 0 Å². The van der Waals surface area contributed by atoms with Gasteiger partial charge in [-0.3, -0.25) is 19.2 Å². The average Bonchev–Trinajstić information content (AvgIpc) is 3.57. The third-order valence-electron chi connectivity index (χ3n) is 5.69. The Bertz CT molecular complexity index is 1370. The molecule has 4 heterocycles. The molecular weight excluding hydrogens is 615 g/mol. The first-order chi connectivity index (χ1) is 19.5. The summed E-state index contributed by atoms with van der Waals surface area (Å²) in [5.41, 5.74) is -2.19. The number of nitrogens with zero attached hydrogens (tertiary/aromatic N) is 7. The molecule has 2 aromatic rings. The van der Waals surface area contributed by atoms with Gasteiger partial charge in [-0.05, 0) is 10.4 Å². The number of carbonyl (C=O) groups excluding carboxylic acids is 3. The maximum atomic E-state index is 13.0. The van der Waals surface area contributed by atoms with Gasteiger partial charge in [0.05, 0.1) is 6.54 Å². The number of β-lactam (4-membered cyclic amide) rings is 1. The lowest BCUT2D eigenvalue weighted by atomic mass is 9.89. The maximum absolute atomic E-state index is 13.0. The summed E-state index contributed by atoms with van der Waals surface area (Å²) in [6.07, 6.45) is -2.83. The SMILES string of the molecule is C=CCn1nnnc1SCC1(C(=O)O)CS[C@@H]2C(NC(=O)C(=NOCC(F)(F)F)c3csc(NC=O)n3)C(=O)N2C1. The van der Waals surface area contributed by atoms with Gasteiger partial charge in [0.1, 0.15) is 22.5 Å². The predicted octanol–water partition coefficient (Wildman–Crippen LogP) is 0.430. The number of anilines is 1. The van der Waals surface area contributed by atoms with E-state index in [9.17, 15) is 37.5 Å². The fraction of sp³-hybridized carbons (Fsp3) is 0.450. The van der Waals surface area contributed by atoms with Crippen molar-refractivity contribution in [1.29, 1.82) is 0 Å². The third kappa shape index (κ3) is 6.78. The molecule has 0 saturated carbocycles. The summed E-state index contributed by atoms with van der Waals surface area (Å²) < 4.78 is 39.1. The second-order valence-corrected chi connectivity index (χ2v) is 11.5. The minimum atomic E-state index is -4.73. The van der Waals surface area contributed by atoms with E-state index in [2.05, 4.69) is 47.7 Å². The molecule has 0 aromatic carbocycles. The largest absolute Gasteiger partial charge is 0.481 e. The number of hydrogen-bond donors (Lipinski definition) is 3. The quantitative estimate of drug-likeness (QED) is 0.0687. The fourth-order valence-corrected chi connectivity index (χ4v) is 7.13. The van der Waals surface area contributed by atoms with Gasteiger partial charge in [-0.25, -0.2) is 9.67 Å². The Kier molecular flexibility index (Phi) is 9.17. The fourth-order valence-electron chi connectivity index (χ4n) is 3.73. The molecule has 3 amide bonds. The number of fused-ring (bicyclic) bond motifs is 1. The van der Waals surface area contributed by atoms with Crippen molar-refractivity contribution in [2.45, 2.75) is 29.3 Å². The Labute approximate surface area is 240 Å². The van der Waals surface area contributed by atoms with Crippen molar-refractivity contribution in [3.05, 3.63) is 23.7 Å². The number of carboxylic acids is 1. The summed E-state index contributed by atoms with van der Waals surface area (Å²) in [5.74, 6) is -2.62. The van der Waals surface area contributed by atoms with Crippen molar-refractivity contribution >= 4 is 69.9 Å². The Morgan fingerprint density at radius 1 is 1.41 bits per heavy atom. The van der Waals surface area contributed by atoms with Crippen molar-refractivity contribution in [2.24, 2.45) is 10.6 Å². The maximum Gasteiger partial charge on any atom is 0.425 e. The summed E-state index contributed by atoms with van der Waals surface area (Å²) in [4.78, 5) is 58.5. The predicted molar refractivity (Wildman–Crippen MR) is 139 cm³/mol. The molecule has 0 spiro atoms. The number of allylic oxidation sites excluding steroid dienone is 1. The minimum Gasteiger partial charge on any atom is -0.481 e. The molecule has 41 heavy (non-hydrogen) atoms. The summed E-state index contributed by atoms with van der Waals surface area (Å²) in [7, 11) is 0. The molecule has 0 aliphatic carbocycles. The van der Waals surface area contributed by atoms with Crippen LogP contribution in [0.1, 0.15) is 5.69 Å². The molecule has 3 N–H and O–H groups in total. The van der Waals surface area contributed by atoms with E-state index in [0.717, 1.165) is 34.9 Å². The monoisotopic (exact) mass is 635 g/mol. The Balaban J connectivity index is 1.44. The number of aliphatic carboxylic acids is 1. The number of amides is 3. The lowest BCUT2D eigenvalue weighted by Gasteiger charge is -2.53. The number of thiazole rings is 1. The van der Waals surface area contributed by atoms with Crippen LogP contribution >= 0.6 is 34.9 Å². The van der Waals surface area contributed by atoms with Crippen LogP contribution in [0.4, 0.5) is 18.3 Å². The Morgan fingerprint density at radius 3 is 2.88 bits per heavy atom. The summed E-state index contributed by atoms with van der Waals surface area (Å²) in [6.45, 7) is 2.01. The van der Waals surface area contributed by atoms with Crippen LogP contribution in [0.5, 0.6) is 0 Å². The van der Waals surface area contributed by atoms with Gasteiger partial charge < -0.3 is 25.5 Å². The molecule has 2 aromatic heterocycles. The highest BCUT2D eigenvalue weighted by Crippen LogP contribution is 2.44. The number of nitrogens with one attached hydrogen (secondary N) is 2. The lowest BCUT2D eigenvalue weighted by Crippen LogP contribution is -2.74. The van der Waals surface area contributed by atoms with Gasteiger partial charge in [0.25, 0.3) is 5.91 Å². The van der Waals surface area contributed by atoms with E-state index in [1.165, 1.54) is 15.0 Å². The van der Waals surface area contributed by atoms with Gasteiger partial charge in [-0.1, -0.05) is 23.0 Å². The van der Waals surface area contributed by atoms with Gasteiger partial charge in [-0.15, -0.1) is 34.8 Å². The van der Waals surface area contributed by atoms with E-state index < -0.39 is 53.1 Å². The number of carboxylic acid groups (broad SMARTS) is 1. The van der Waals surface area contributed by atoms with E-state index in [0.29, 0.717) is 18.1 Å². The Hall–Kier alpha value is -3.72. The van der Waals surface area contributed by atoms with Crippen LogP contribution in [0.25, 0.3) is 0 Å². The summed E-state index contributed by atoms with van der Waals surface area (Å²) >= 11 is 3.13. The standard InChI is InChI=1S/C20H20F3N9O6S3/c1-2-3-32-18(27-29-30-32)41-8-19(16(36)37)5-31-14(35)12(15(31)40-7-19)26-13(34)11(28-38-6-20(21,22)23)10-4-39-17(25-10)24-9-33/h2,4,9,12,15H,1,3,5-8H2,(H,26,34)(H,36,37)(H,24,25,33)/t12?,15-,19?/m1/s1. The molecule has 220 valence electrons. The molecule has 0 bridgehead atoms. The van der Waals surface area contributed by atoms with Crippen molar-refractivity contribution in [3.63, 3.8) is 0 Å². The molecule has 0 radical (unpaired) electrons. The van der Waals surface area contributed by atoms with Crippen LogP contribution in [0.15, 0.2) is 28.3 Å². The van der Waals surface area contributed by atoms with Crippen LogP contribution < -0.4 is 10.6 Å². The minimum absolute atomic E-state index is 0.0430. The molecule has 2 aliphatic rings. The van der Waals surface area contributed by atoms with Crippen LogP contribution in [0.3, 0.4) is 0 Å². The van der Waals surface area contributed by atoms with Gasteiger partial charge in [-0.2, -0.15) is 13.2 Å². The van der Waals surface area contributed by atoms with E-state index in [1.54, 1.807) is 6.08 Å². The lowest BCUT2D eigenvalue weighted by molar-refractivity contribution is -0.174. The Morgan fingerprint density at radius 2 is 2.20 bits per heavy atom. The molecule has 2 aliphatic heterocycles. The number of oxime groups is 1. The van der Waals surface area contributed by atoms with Gasteiger partial charge in [0.2, 0.25) is 24.1 Å². The zero-order chi connectivity index (χ0) is 29.8. The normalized spacial score (nSPS) is 22.4. The van der Waals surface area contributed by atoms with Crippen LogP contribution in [-0.2, 0) is 30.6 Å². The van der Waals surface area contributed by atoms with Gasteiger partial charge >= 0.3 is 12.1 Å². The molecule has 15 nitrogen and oxygen atoms in total. The highest BCUT2D eigenvalue weighted by molar-refractivity contribution is 8.00. The van der Waals surface area contributed by atoms with Gasteiger partial charge in [0, 0.05) is 23.4 Å². The zero-order valence-corrected chi connectivity index (χ0v) is 23.1. The number of hydrogen-bond acceptors (Lipinski definition) is 13. The highest BCUT2D eigenvalue weighted by Gasteiger charge is 2.57. The molecule has 3 atom stereocenters. The molecule has 21 heteroatoms. The number of aromatic nitrogens is 5. The average molecular weight is 636 g/mol. The highest BCUT2D eigenvalue weighted by atomic mass is 32.2. The molecule has 2 unspecified atom stereocenters.